The van der Waals surface area contributed by atoms with Crippen molar-refractivity contribution in [3.05, 3.63) is 44.2 Å². The summed E-state index contributed by atoms with van der Waals surface area (Å²) in [6, 6.07) is 4.81. The summed E-state index contributed by atoms with van der Waals surface area (Å²) in [4.78, 5) is 37.8. The van der Waals surface area contributed by atoms with Gasteiger partial charge in [0.15, 0.2) is 5.75 Å². The summed E-state index contributed by atoms with van der Waals surface area (Å²) in [5, 5.41) is 16.6. The van der Waals surface area contributed by atoms with Crippen molar-refractivity contribution in [3.63, 3.8) is 0 Å². The SMILES string of the molecule is CC1CCCC(Nc2c(Nc3cccc(C(=O)N(C)C)c3O)c(=O)c2=O)C1C.[HH].[HH]. The Bertz CT molecular complexity index is 970. The van der Waals surface area contributed by atoms with Gasteiger partial charge in [-0.2, -0.15) is 0 Å². The van der Waals surface area contributed by atoms with Gasteiger partial charge in [0, 0.05) is 23.0 Å². The molecule has 2 aromatic carbocycles. The first kappa shape index (κ1) is 19.9. The molecule has 3 N–H and O–H groups in total. The molecule has 28 heavy (non-hydrogen) atoms. The van der Waals surface area contributed by atoms with E-state index in [-0.39, 0.29) is 43.2 Å². The predicted molar refractivity (Wildman–Crippen MR) is 115 cm³/mol. The maximum atomic E-state index is 12.2. The Kier molecular flexibility index (Phi) is 5.45. The summed E-state index contributed by atoms with van der Waals surface area (Å²) >= 11 is 0. The average molecular weight is 389 g/mol. The number of amides is 1. The summed E-state index contributed by atoms with van der Waals surface area (Å²) in [5.41, 5.74) is -0.429. The van der Waals surface area contributed by atoms with Crippen LogP contribution in [0.1, 0.15) is 46.3 Å². The quantitative estimate of drug-likeness (QED) is 0.537. The van der Waals surface area contributed by atoms with Gasteiger partial charge in [-0.05, 0) is 30.4 Å². The number of benzene rings is 1. The number of para-hydroxylation sites is 1. The lowest BCUT2D eigenvalue weighted by molar-refractivity contribution is 0.0824. The number of nitrogens with zero attached hydrogens (tertiary/aromatic N) is 1. The van der Waals surface area contributed by atoms with Crippen molar-refractivity contribution in [2.75, 3.05) is 24.7 Å². The van der Waals surface area contributed by atoms with Gasteiger partial charge in [-0.3, -0.25) is 14.4 Å². The van der Waals surface area contributed by atoms with Crippen molar-refractivity contribution in [2.45, 2.75) is 39.2 Å². The van der Waals surface area contributed by atoms with Gasteiger partial charge in [0.2, 0.25) is 0 Å². The van der Waals surface area contributed by atoms with Crippen LogP contribution in [0.4, 0.5) is 17.1 Å². The highest BCUT2D eigenvalue weighted by atomic mass is 16.3. The number of carbonyl (C=O) groups excluding carboxylic acids is 1. The first-order valence-electron chi connectivity index (χ1n) is 9.62. The number of hydrogen-bond acceptors (Lipinski definition) is 6. The number of carbonyl (C=O) groups is 1. The molecule has 0 bridgehead atoms. The van der Waals surface area contributed by atoms with Crippen LogP contribution in [0.5, 0.6) is 5.75 Å². The summed E-state index contributed by atoms with van der Waals surface area (Å²) in [7, 11) is 3.18. The lowest BCUT2D eigenvalue weighted by Crippen LogP contribution is -2.42. The zero-order chi connectivity index (χ0) is 20.6. The highest BCUT2D eigenvalue weighted by molar-refractivity contribution is 5.99. The first-order valence-corrected chi connectivity index (χ1v) is 9.62. The lowest BCUT2D eigenvalue weighted by atomic mass is 9.78. The molecular weight excluding hydrogens is 358 g/mol. The first-order chi connectivity index (χ1) is 13.2. The maximum Gasteiger partial charge on any atom is 0.257 e. The molecule has 1 aliphatic carbocycles. The Morgan fingerprint density at radius 1 is 1.14 bits per heavy atom. The second kappa shape index (κ2) is 7.66. The van der Waals surface area contributed by atoms with Crippen molar-refractivity contribution < 1.29 is 12.8 Å². The molecule has 1 aliphatic rings. The molecule has 1 amide bonds. The number of aromatic hydroxyl groups is 1. The topological polar surface area (TPSA) is 98.7 Å². The molecule has 0 aromatic heterocycles. The van der Waals surface area contributed by atoms with E-state index in [0.717, 1.165) is 19.3 Å². The molecule has 1 saturated carbocycles. The van der Waals surface area contributed by atoms with Gasteiger partial charge in [0.1, 0.15) is 11.4 Å². The lowest BCUT2D eigenvalue weighted by Gasteiger charge is -2.35. The predicted octanol–water partition coefficient (Wildman–Crippen LogP) is 3.16. The second-order valence-corrected chi connectivity index (χ2v) is 7.95. The van der Waals surface area contributed by atoms with Crippen LogP contribution in [0.3, 0.4) is 0 Å². The Hall–Kier alpha value is -2.83. The molecule has 3 rings (SSSR count). The fraction of sp³-hybridized carbons (Fsp3) is 0.476. The molecule has 0 radical (unpaired) electrons. The summed E-state index contributed by atoms with van der Waals surface area (Å²) in [5.74, 6) is 0.335. The third-order valence-corrected chi connectivity index (χ3v) is 5.88. The normalized spacial score (nSPS) is 22.1. The molecule has 0 aliphatic heterocycles. The van der Waals surface area contributed by atoms with Gasteiger partial charge in [0.25, 0.3) is 16.8 Å². The van der Waals surface area contributed by atoms with E-state index in [1.165, 1.54) is 11.0 Å². The summed E-state index contributed by atoms with van der Waals surface area (Å²) in [6.45, 7) is 4.35. The van der Waals surface area contributed by atoms with E-state index in [1.54, 1.807) is 26.2 Å². The minimum Gasteiger partial charge on any atom is -0.505 e. The van der Waals surface area contributed by atoms with E-state index in [0.29, 0.717) is 11.8 Å². The fourth-order valence-corrected chi connectivity index (χ4v) is 3.81. The molecular formula is C21H31N3O4. The summed E-state index contributed by atoms with van der Waals surface area (Å²) < 4.78 is 0. The minimum absolute atomic E-state index is 0. The zero-order valence-electron chi connectivity index (χ0n) is 16.7. The van der Waals surface area contributed by atoms with Crippen LogP contribution in [-0.2, 0) is 0 Å². The summed E-state index contributed by atoms with van der Waals surface area (Å²) in [6.07, 6.45) is 3.19. The molecule has 0 saturated heterocycles. The highest BCUT2D eigenvalue weighted by Crippen LogP contribution is 2.35. The number of anilines is 3. The van der Waals surface area contributed by atoms with Crippen LogP contribution in [0.25, 0.3) is 0 Å². The molecule has 0 heterocycles. The van der Waals surface area contributed by atoms with Gasteiger partial charge in [0.05, 0.1) is 11.3 Å². The molecule has 3 unspecified atom stereocenters. The van der Waals surface area contributed by atoms with Crippen molar-refractivity contribution in [1.82, 2.24) is 4.90 Å². The van der Waals surface area contributed by atoms with Crippen LogP contribution >= 0.6 is 0 Å². The number of nitrogens with one attached hydrogen (secondary N) is 2. The van der Waals surface area contributed by atoms with Gasteiger partial charge in [-0.25, -0.2) is 0 Å². The van der Waals surface area contributed by atoms with E-state index >= 15 is 0 Å². The monoisotopic (exact) mass is 389 g/mol. The third-order valence-electron chi connectivity index (χ3n) is 5.88. The van der Waals surface area contributed by atoms with E-state index in [4.69, 9.17) is 0 Å². The van der Waals surface area contributed by atoms with Gasteiger partial charge in [-0.1, -0.05) is 32.8 Å². The van der Waals surface area contributed by atoms with E-state index in [2.05, 4.69) is 24.5 Å². The number of hydrogen-bond donors (Lipinski definition) is 3. The van der Waals surface area contributed by atoms with Crippen LogP contribution in [0.15, 0.2) is 27.8 Å². The molecule has 7 heteroatoms. The Labute approximate surface area is 167 Å². The Morgan fingerprint density at radius 3 is 2.50 bits per heavy atom. The zero-order valence-corrected chi connectivity index (χ0v) is 16.7. The highest BCUT2D eigenvalue weighted by Gasteiger charge is 2.31. The largest absolute Gasteiger partial charge is 0.505 e. The van der Waals surface area contributed by atoms with Crippen molar-refractivity contribution in [3.8, 4) is 5.75 Å². The molecule has 1 fully saturated rings. The second-order valence-electron chi connectivity index (χ2n) is 7.95. The number of rotatable bonds is 5. The van der Waals surface area contributed by atoms with E-state index in [1.807, 2.05) is 0 Å². The molecule has 7 nitrogen and oxygen atoms in total. The Balaban J connectivity index is 0.00000225. The van der Waals surface area contributed by atoms with Gasteiger partial charge in [-0.15, -0.1) is 0 Å². The maximum absolute atomic E-state index is 12.2. The minimum atomic E-state index is -0.622. The average Bonchev–Trinajstić information content (AvgIpc) is 2.67. The number of phenolic OH excluding ortho intramolecular Hbond substituents is 1. The van der Waals surface area contributed by atoms with Crippen LogP contribution < -0.4 is 21.5 Å². The van der Waals surface area contributed by atoms with Crippen molar-refractivity contribution >= 4 is 23.0 Å². The van der Waals surface area contributed by atoms with Crippen LogP contribution in [0.2, 0.25) is 0 Å². The standard InChI is InChI=1S/C21H27N3O4.2H2/c1-11-7-5-9-14(12(11)2)22-16-17(20(27)19(16)26)23-15-10-6-8-13(18(15)25)21(28)24(3)4;;/h6,8,10-12,14,22-23,25H,5,7,9H2,1-4H3;2*1H. The molecule has 154 valence electrons. The molecule has 0 spiro atoms. The van der Waals surface area contributed by atoms with E-state index < -0.39 is 10.9 Å². The molecule has 3 atom stereocenters. The van der Waals surface area contributed by atoms with Crippen LogP contribution in [0, 0.1) is 11.8 Å². The van der Waals surface area contributed by atoms with Crippen molar-refractivity contribution in [1.29, 1.82) is 0 Å². The Morgan fingerprint density at radius 2 is 1.82 bits per heavy atom. The van der Waals surface area contributed by atoms with Crippen LogP contribution in [-0.4, -0.2) is 36.1 Å². The smallest absolute Gasteiger partial charge is 0.257 e. The number of phenols is 1. The fourth-order valence-electron chi connectivity index (χ4n) is 3.81. The van der Waals surface area contributed by atoms with Gasteiger partial charge >= 0.3 is 0 Å². The van der Waals surface area contributed by atoms with Crippen molar-refractivity contribution in [2.24, 2.45) is 11.8 Å². The third kappa shape index (κ3) is 3.48. The van der Waals surface area contributed by atoms with Gasteiger partial charge < -0.3 is 20.6 Å². The molecule has 2 aromatic rings. The van der Waals surface area contributed by atoms with E-state index in [9.17, 15) is 19.5 Å².